The lowest BCUT2D eigenvalue weighted by Crippen LogP contribution is -2.49. The molecule has 1 atom stereocenters. The van der Waals surface area contributed by atoms with Crippen LogP contribution in [0.25, 0.3) is 0 Å². The second kappa shape index (κ2) is 11.7. The Labute approximate surface area is 193 Å². The Balaban J connectivity index is 2.16. The SMILES string of the molecule is COc1cccc(CN(C(=O)COc2ccc(Br)c(C)c2)[C@@H](C)C(=O)NCC(C)C)c1. The Bertz CT molecular complexity index is 901. The van der Waals surface area contributed by atoms with Crippen LogP contribution in [0.5, 0.6) is 11.5 Å². The van der Waals surface area contributed by atoms with Gasteiger partial charge in [0.2, 0.25) is 5.91 Å². The summed E-state index contributed by atoms with van der Waals surface area (Å²) >= 11 is 3.46. The molecule has 2 amide bonds. The summed E-state index contributed by atoms with van der Waals surface area (Å²) < 4.78 is 12.0. The highest BCUT2D eigenvalue weighted by molar-refractivity contribution is 9.10. The summed E-state index contributed by atoms with van der Waals surface area (Å²) in [4.78, 5) is 27.3. The number of carbonyl (C=O) groups is 2. The minimum absolute atomic E-state index is 0.160. The maximum absolute atomic E-state index is 13.1. The van der Waals surface area contributed by atoms with Gasteiger partial charge < -0.3 is 19.7 Å². The van der Waals surface area contributed by atoms with Gasteiger partial charge in [-0.25, -0.2) is 0 Å². The van der Waals surface area contributed by atoms with E-state index in [4.69, 9.17) is 9.47 Å². The van der Waals surface area contributed by atoms with Gasteiger partial charge in [0.25, 0.3) is 5.91 Å². The van der Waals surface area contributed by atoms with Gasteiger partial charge in [0, 0.05) is 17.6 Å². The van der Waals surface area contributed by atoms with E-state index in [1.54, 1.807) is 20.1 Å². The van der Waals surface area contributed by atoms with Crippen molar-refractivity contribution in [3.8, 4) is 11.5 Å². The van der Waals surface area contributed by atoms with E-state index in [1.807, 2.05) is 57.2 Å². The molecule has 0 bridgehead atoms. The molecule has 31 heavy (non-hydrogen) atoms. The number of carbonyl (C=O) groups excluding carboxylic acids is 2. The van der Waals surface area contributed by atoms with Gasteiger partial charge in [-0.05, 0) is 61.2 Å². The van der Waals surface area contributed by atoms with Crippen molar-refractivity contribution in [3.63, 3.8) is 0 Å². The summed E-state index contributed by atoms with van der Waals surface area (Å²) in [6, 6.07) is 12.4. The predicted octanol–water partition coefficient (Wildman–Crippen LogP) is 4.33. The number of benzene rings is 2. The van der Waals surface area contributed by atoms with Gasteiger partial charge in [0.1, 0.15) is 17.5 Å². The minimum atomic E-state index is -0.646. The van der Waals surface area contributed by atoms with E-state index in [2.05, 4.69) is 21.2 Å². The number of amides is 2. The molecule has 0 radical (unpaired) electrons. The highest BCUT2D eigenvalue weighted by Crippen LogP contribution is 2.22. The molecule has 2 rings (SSSR count). The highest BCUT2D eigenvalue weighted by atomic mass is 79.9. The normalized spacial score (nSPS) is 11.7. The van der Waals surface area contributed by atoms with Crippen molar-refractivity contribution in [1.29, 1.82) is 0 Å². The first-order chi connectivity index (χ1) is 14.7. The minimum Gasteiger partial charge on any atom is -0.497 e. The third kappa shape index (κ3) is 7.58. The molecule has 0 saturated carbocycles. The standard InChI is InChI=1S/C24H31BrN2O4/c1-16(2)13-26-24(29)18(4)27(14-19-7-6-8-20(12-19)30-5)23(28)15-31-21-9-10-22(25)17(3)11-21/h6-12,16,18H,13-15H2,1-5H3,(H,26,29)/t18-/m0/s1. The second-order valence-corrected chi connectivity index (χ2v) is 8.74. The molecule has 0 spiro atoms. The number of aryl methyl sites for hydroxylation is 1. The molecule has 7 heteroatoms. The van der Waals surface area contributed by atoms with Crippen LogP contribution >= 0.6 is 15.9 Å². The van der Waals surface area contributed by atoms with Crippen LogP contribution in [0.4, 0.5) is 0 Å². The highest BCUT2D eigenvalue weighted by Gasteiger charge is 2.26. The zero-order valence-electron chi connectivity index (χ0n) is 18.8. The molecular weight excluding hydrogens is 460 g/mol. The number of halogens is 1. The zero-order chi connectivity index (χ0) is 23.0. The number of hydrogen-bond acceptors (Lipinski definition) is 4. The van der Waals surface area contributed by atoms with Crippen molar-refractivity contribution in [1.82, 2.24) is 10.2 Å². The fraction of sp³-hybridized carbons (Fsp3) is 0.417. The molecule has 0 aliphatic carbocycles. The zero-order valence-corrected chi connectivity index (χ0v) is 20.4. The van der Waals surface area contributed by atoms with Crippen molar-refractivity contribution in [2.75, 3.05) is 20.3 Å². The number of nitrogens with zero attached hydrogens (tertiary/aromatic N) is 1. The average molecular weight is 491 g/mol. The van der Waals surface area contributed by atoms with E-state index in [-0.39, 0.29) is 25.0 Å². The molecule has 0 aliphatic heterocycles. The van der Waals surface area contributed by atoms with Crippen molar-refractivity contribution >= 4 is 27.7 Å². The summed E-state index contributed by atoms with van der Waals surface area (Å²) in [6.07, 6.45) is 0. The van der Waals surface area contributed by atoms with Crippen LogP contribution in [0.3, 0.4) is 0 Å². The Morgan fingerprint density at radius 3 is 2.48 bits per heavy atom. The van der Waals surface area contributed by atoms with Crippen molar-refractivity contribution in [2.45, 2.75) is 40.3 Å². The van der Waals surface area contributed by atoms with Crippen LogP contribution in [0.1, 0.15) is 31.9 Å². The molecule has 2 aromatic carbocycles. The molecule has 0 saturated heterocycles. The third-order valence-electron chi connectivity index (χ3n) is 4.83. The van der Waals surface area contributed by atoms with E-state index >= 15 is 0 Å². The Kier molecular flexibility index (Phi) is 9.37. The molecule has 2 aromatic rings. The van der Waals surface area contributed by atoms with E-state index < -0.39 is 6.04 Å². The maximum Gasteiger partial charge on any atom is 0.261 e. The van der Waals surface area contributed by atoms with E-state index in [1.165, 1.54) is 4.90 Å². The van der Waals surface area contributed by atoms with Gasteiger partial charge >= 0.3 is 0 Å². The third-order valence-corrected chi connectivity index (χ3v) is 5.72. The van der Waals surface area contributed by atoms with Crippen LogP contribution < -0.4 is 14.8 Å². The van der Waals surface area contributed by atoms with Gasteiger partial charge in [0.15, 0.2) is 6.61 Å². The number of hydrogen-bond donors (Lipinski definition) is 1. The molecule has 0 unspecified atom stereocenters. The number of methoxy groups -OCH3 is 1. The van der Waals surface area contributed by atoms with E-state index in [0.29, 0.717) is 24.0 Å². The van der Waals surface area contributed by atoms with Gasteiger partial charge in [-0.1, -0.05) is 41.9 Å². The first-order valence-corrected chi connectivity index (χ1v) is 11.1. The van der Waals surface area contributed by atoms with Crippen molar-refractivity contribution < 1.29 is 19.1 Å². The molecule has 6 nitrogen and oxygen atoms in total. The van der Waals surface area contributed by atoms with Crippen molar-refractivity contribution in [3.05, 3.63) is 58.1 Å². The van der Waals surface area contributed by atoms with Gasteiger partial charge in [-0.15, -0.1) is 0 Å². The van der Waals surface area contributed by atoms with Gasteiger partial charge in [-0.3, -0.25) is 9.59 Å². The molecule has 1 N–H and O–H groups in total. The largest absolute Gasteiger partial charge is 0.497 e. The van der Waals surface area contributed by atoms with E-state index in [9.17, 15) is 9.59 Å². The lowest BCUT2D eigenvalue weighted by molar-refractivity contribution is -0.142. The number of ether oxygens (including phenoxy) is 2. The molecule has 0 fully saturated rings. The topological polar surface area (TPSA) is 67.9 Å². The average Bonchev–Trinajstić information content (AvgIpc) is 2.76. The molecule has 168 valence electrons. The fourth-order valence-corrected chi connectivity index (χ4v) is 3.18. The number of nitrogens with one attached hydrogen (secondary N) is 1. The van der Waals surface area contributed by atoms with Crippen LogP contribution in [0.15, 0.2) is 46.9 Å². The molecule has 0 aromatic heterocycles. The predicted molar refractivity (Wildman–Crippen MR) is 125 cm³/mol. The van der Waals surface area contributed by atoms with Crippen LogP contribution in [-0.2, 0) is 16.1 Å². The summed E-state index contributed by atoms with van der Waals surface area (Å²) in [7, 11) is 1.60. The van der Waals surface area contributed by atoms with E-state index in [0.717, 1.165) is 15.6 Å². The summed E-state index contributed by atoms with van der Waals surface area (Å²) in [6.45, 7) is 8.41. The Morgan fingerprint density at radius 2 is 1.84 bits per heavy atom. The lowest BCUT2D eigenvalue weighted by atomic mass is 10.1. The van der Waals surface area contributed by atoms with Crippen LogP contribution in [0.2, 0.25) is 0 Å². The Morgan fingerprint density at radius 1 is 1.10 bits per heavy atom. The monoisotopic (exact) mass is 490 g/mol. The number of rotatable bonds is 10. The lowest BCUT2D eigenvalue weighted by Gasteiger charge is -2.29. The summed E-state index contributed by atoms with van der Waals surface area (Å²) in [5.74, 6) is 1.17. The van der Waals surface area contributed by atoms with Gasteiger partial charge in [0.05, 0.1) is 7.11 Å². The summed E-state index contributed by atoms with van der Waals surface area (Å²) in [5.41, 5.74) is 1.88. The molecular formula is C24H31BrN2O4. The summed E-state index contributed by atoms with van der Waals surface area (Å²) in [5, 5.41) is 2.91. The Hall–Kier alpha value is -2.54. The quantitative estimate of drug-likeness (QED) is 0.537. The smallest absolute Gasteiger partial charge is 0.261 e. The molecule has 0 heterocycles. The van der Waals surface area contributed by atoms with Crippen molar-refractivity contribution in [2.24, 2.45) is 5.92 Å². The van der Waals surface area contributed by atoms with Crippen LogP contribution in [0, 0.1) is 12.8 Å². The fourth-order valence-electron chi connectivity index (χ4n) is 2.94. The first-order valence-electron chi connectivity index (χ1n) is 10.3. The molecule has 0 aliphatic rings. The second-order valence-electron chi connectivity index (χ2n) is 7.89. The van der Waals surface area contributed by atoms with Crippen LogP contribution in [-0.4, -0.2) is 43.0 Å². The maximum atomic E-state index is 13.1. The first kappa shape index (κ1) is 24.7. The van der Waals surface area contributed by atoms with Gasteiger partial charge in [-0.2, -0.15) is 0 Å².